The number of carbonyl (C=O) groups excluding carboxylic acids is 1. The van der Waals surface area contributed by atoms with E-state index in [9.17, 15) is 9.90 Å². The van der Waals surface area contributed by atoms with Gasteiger partial charge in [-0.1, -0.05) is 18.9 Å². The van der Waals surface area contributed by atoms with Crippen LogP contribution < -0.4 is 10.1 Å². The van der Waals surface area contributed by atoms with E-state index in [1.54, 1.807) is 30.5 Å². The fraction of sp³-hybridized carbons (Fsp3) is 0.400. The Morgan fingerprint density at radius 2 is 1.96 bits per heavy atom. The van der Waals surface area contributed by atoms with E-state index in [0.29, 0.717) is 17.9 Å². The van der Waals surface area contributed by atoms with Gasteiger partial charge in [0.2, 0.25) is 0 Å². The molecular weight excluding hydrogens is 316 g/mol. The third-order valence-corrected chi connectivity index (χ3v) is 4.69. The number of hydrogen-bond donors (Lipinski definition) is 2. The summed E-state index contributed by atoms with van der Waals surface area (Å²) in [5.74, 6) is 0.772. The molecule has 1 heterocycles. The first kappa shape index (κ1) is 17.4. The Hall–Kier alpha value is -2.40. The molecule has 1 saturated carbocycles. The number of pyridine rings is 1. The number of nitrogens with zero attached hydrogens (tertiary/aromatic N) is 1. The minimum Gasteiger partial charge on any atom is -0.487 e. The summed E-state index contributed by atoms with van der Waals surface area (Å²) in [5, 5.41) is 12.5. The van der Waals surface area contributed by atoms with Gasteiger partial charge in [-0.2, -0.15) is 0 Å². The molecule has 1 aromatic heterocycles. The first-order chi connectivity index (χ1) is 12.3. The number of ether oxygens (including phenoxy) is 1. The summed E-state index contributed by atoms with van der Waals surface area (Å²) in [6, 6.07) is 12.9. The van der Waals surface area contributed by atoms with Crippen molar-refractivity contribution in [1.29, 1.82) is 0 Å². The normalized spacial score (nSPS) is 20.0. The summed E-state index contributed by atoms with van der Waals surface area (Å²) in [6.07, 6.45) is 5.86. The Bertz CT molecular complexity index is 673. The molecule has 0 radical (unpaired) electrons. The van der Waals surface area contributed by atoms with Crippen LogP contribution in [0.1, 0.15) is 41.7 Å². The van der Waals surface area contributed by atoms with Crippen LogP contribution >= 0.6 is 0 Å². The third kappa shape index (κ3) is 4.79. The molecule has 0 spiro atoms. The molecule has 132 valence electrons. The molecule has 2 aromatic rings. The van der Waals surface area contributed by atoms with Gasteiger partial charge in [-0.25, -0.2) is 0 Å². The molecule has 1 fully saturated rings. The number of hydrogen-bond acceptors (Lipinski definition) is 4. The maximum absolute atomic E-state index is 12.4. The minimum absolute atomic E-state index is 0.0614. The van der Waals surface area contributed by atoms with E-state index in [2.05, 4.69) is 10.3 Å². The van der Waals surface area contributed by atoms with Crippen LogP contribution in [0.4, 0.5) is 0 Å². The van der Waals surface area contributed by atoms with Gasteiger partial charge in [0.15, 0.2) is 0 Å². The highest BCUT2D eigenvalue weighted by atomic mass is 16.5. The summed E-state index contributed by atoms with van der Waals surface area (Å²) < 4.78 is 5.68. The Morgan fingerprint density at radius 3 is 2.68 bits per heavy atom. The molecule has 0 saturated heterocycles. The lowest BCUT2D eigenvalue weighted by Crippen LogP contribution is -2.43. The van der Waals surface area contributed by atoms with Gasteiger partial charge in [0.25, 0.3) is 5.91 Å². The summed E-state index contributed by atoms with van der Waals surface area (Å²) in [4.78, 5) is 16.6. The predicted molar refractivity (Wildman–Crippen MR) is 95.3 cm³/mol. The molecule has 1 amide bonds. The Labute approximate surface area is 148 Å². The highest BCUT2D eigenvalue weighted by Crippen LogP contribution is 2.24. The molecule has 2 N–H and O–H groups in total. The first-order valence-electron chi connectivity index (χ1n) is 8.81. The Kier molecular flexibility index (Phi) is 6.01. The van der Waals surface area contributed by atoms with Crippen molar-refractivity contribution in [2.24, 2.45) is 5.92 Å². The number of aromatic nitrogens is 1. The molecule has 25 heavy (non-hydrogen) atoms. The number of benzene rings is 1. The fourth-order valence-electron chi connectivity index (χ4n) is 3.21. The van der Waals surface area contributed by atoms with E-state index in [0.717, 1.165) is 31.4 Å². The number of aliphatic hydroxyl groups is 1. The molecular formula is C20H24N2O3. The quantitative estimate of drug-likeness (QED) is 0.848. The maximum Gasteiger partial charge on any atom is 0.251 e. The van der Waals surface area contributed by atoms with Crippen molar-refractivity contribution in [3.63, 3.8) is 0 Å². The van der Waals surface area contributed by atoms with Gasteiger partial charge in [0.1, 0.15) is 12.4 Å². The monoisotopic (exact) mass is 340 g/mol. The van der Waals surface area contributed by atoms with Crippen molar-refractivity contribution in [3.05, 3.63) is 59.9 Å². The zero-order valence-electron chi connectivity index (χ0n) is 14.2. The van der Waals surface area contributed by atoms with Gasteiger partial charge in [-0.3, -0.25) is 9.78 Å². The largest absolute Gasteiger partial charge is 0.487 e. The van der Waals surface area contributed by atoms with Gasteiger partial charge >= 0.3 is 0 Å². The summed E-state index contributed by atoms with van der Waals surface area (Å²) in [7, 11) is 0. The number of aliphatic hydroxyl groups excluding tert-OH is 1. The summed E-state index contributed by atoms with van der Waals surface area (Å²) in [5.41, 5.74) is 1.46. The molecule has 1 aromatic carbocycles. The third-order valence-electron chi connectivity index (χ3n) is 4.69. The van der Waals surface area contributed by atoms with E-state index >= 15 is 0 Å². The lowest BCUT2D eigenvalue weighted by molar-refractivity contribution is 0.0872. The highest BCUT2D eigenvalue weighted by Gasteiger charge is 2.26. The molecule has 1 aliphatic rings. The van der Waals surface area contributed by atoms with Crippen LogP contribution in [0.2, 0.25) is 0 Å². The van der Waals surface area contributed by atoms with E-state index in [4.69, 9.17) is 4.74 Å². The van der Waals surface area contributed by atoms with Gasteiger partial charge in [0, 0.05) is 30.3 Å². The molecule has 5 heteroatoms. The van der Waals surface area contributed by atoms with E-state index in [1.165, 1.54) is 0 Å². The van der Waals surface area contributed by atoms with Crippen molar-refractivity contribution < 1.29 is 14.6 Å². The second kappa shape index (κ2) is 8.62. The predicted octanol–water partition coefficient (Wildman–Crippen LogP) is 2.94. The number of amides is 1. The van der Waals surface area contributed by atoms with Crippen molar-refractivity contribution in [2.75, 3.05) is 6.61 Å². The first-order valence-corrected chi connectivity index (χ1v) is 8.81. The van der Waals surface area contributed by atoms with Gasteiger partial charge in [-0.15, -0.1) is 0 Å². The van der Waals surface area contributed by atoms with E-state index in [-0.39, 0.29) is 24.5 Å². The zero-order valence-corrected chi connectivity index (χ0v) is 14.2. The molecule has 1 aliphatic carbocycles. The molecule has 0 bridgehead atoms. The van der Waals surface area contributed by atoms with Crippen LogP contribution in [-0.2, 0) is 6.61 Å². The average Bonchev–Trinajstić information content (AvgIpc) is 2.68. The van der Waals surface area contributed by atoms with Crippen LogP contribution in [0.3, 0.4) is 0 Å². The second-order valence-corrected chi connectivity index (χ2v) is 6.44. The molecule has 0 aliphatic heterocycles. The van der Waals surface area contributed by atoms with Gasteiger partial charge in [0.05, 0.1) is 5.69 Å². The molecule has 2 atom stereocenters. The van der Waals surface area contributed by atoms with Crippen molar-refractivity contribution >= 4 is 5.91 Å². The number of carbonyl (C=O) groups is 1. The SMILES string of the molecule is O=C(NC1CCCCC1CO)c1ccc(OCc2ccccn2)cc1. The highest BCUT2D eigenvalue weighted by molar-refractivity contribution is 5.94. The maximum atomic E-state index is 12.4. The topological polar surface area (TPSA) is 71.5 Å². The lowest BCUT2D eigenvalue weighted by atomic mass is 9.85. The Balaban J connectivity index is 1.55. The smallest absolute Gasteiger partial charge is 0.251 e. The Morgan fingerprint density at radius 1 is 1.16 bits per heavy atom. The van der Waals surface area contributed by atoms with Crippen LogP contribution in [0.5, 0.6) is 5.75 Å². The lowest BCUT2D eigenvalue weighted by Gasteiger charge is -2.30. The van der Waals surface area contributed by atoms with E-state index in [1.807, 2.05) is 18.2 Å². The van der Waals surface area contributed by atoms with Gasteiger partial charge in [-0.05, 0) is 49.2 Å². The van der Waals surface area contributed by atoms with Crippen LogP contribution in [0, 0.1) is 5.92 Å². The molecule has 2 unspecified atom stereocenters. The molecule has 5 nitrogen and oxygen atoms in total. The van der Waals surface area contributed by atoms with Crippen LogP contribution in [0.15, 0.2) is 48.7 Å². The second-order valence-electron chi connectivity index (χ2n) is 6.44. The average molecular weight is 340 g/mol. The number of rotatable bonds is 6. The number of nitrogens with one attached hydrogen (secondary N) is 1. The van der Waals surface area contributed by atoms with Crippen molar-refractivity contribution in [3.8, 4) is 5.75 Å². The molecule has 3 rings (SSSR count). The van der Waals surface area contributed by atoms with Crippen molar-refractivity contribution in [2.45, 2.75) is 38.3 Å². The zero-order chi connectivity index (χ0) is 17.5. The van der Waals surface area contributed by atoms with Gasteiger partial charge < -0.3 is 15.2 Å². The standard InChI is InChI=1S/C20H24N2O3/c23-13-16-5-1-2-7-19(16)22-20(24)15-8-10-18(11-9-15)25-14-17-6-3-4-12-21-17/h3-4,6,8-12,16,19,23H,1-2,5,7,13-14H2,(H,22,24). The van der Waals surface area contributed by atoms with Crippen LogP contribution in [0.25, 0.3) is 0 Å². The summed E-state index contributed by atoms with van der Waals surface area (Å²) in [6.45, 7) is 0.526. The summed E-state index contributed by atoms with van der Waals surface area (Å²) >= 11 is 0. The fourth-order valence-corrected chi connectivity index (χ4v) is 3.21. The van der Waals surface area contributed by atoms with Crippen LogP contribution in [-0.4, -0.2) is 28.6 Å². The minimum atomic E-state index is -0.0957. The van der Waals surface area contributed by atoms with Crippen molar-refractivity contribution in [1.82, 2.24) is 10.3 Å². The van der Waals surface area contributed by atoms with E-state index < -0.39 is 0 Å².